The van der Waals surface area contributed by atoms with Crippen molar-refractivity contribution in [2.24, 2.45) is 5.73 Å². The second kappa shape index (κ2) is 6.53. The van der Waals surface area contributed by atoms with Crippen LogP contribution in [-0.4, -0.2) is 66.9 Å². The Morgan fingerprint density at radius 1 is 1.65 bits per heavy atom. The van der Waals surface area contributed by atoms with E-state index in [0.717, 1.165) is 0 Å². The second-order valence-corrected chi connectivity index (χ2v) is 3.69. The zero-order chi connectivity index (χ0) is 12.8. The summed E-state index contributed by atoms with van der Waals surface area (Å²) in [6.07, 6.45) is -0.415. The molecule has 98 valence electrons. The highest BCUT2D eigenvalue weighted by Crippen LogP contribution is 2.06. The lowest BCUT2D eigenvalue weighted by molar-refractivity contribution is -0.154. The summed E-state index contributed by atoms with van der Waals surface area (Å²) in [6, 6.07) is -1.30. The van der Waals surface area contributed by atoms with Gasteiger partial charge in [0.25, 0.3) is 5.91 Å². The molecule has 1 fully saturated rings. The highest BCUT2D eigenvalue weighted by molar-refractivity contribution is 6.01. The van der Waals surface area contributed by atoms with Crippen molar-refractivity contribution in [3.05, 3.63) is 0 Å². The van der Waals surface area contributed by atoms with Gasteiger partial charge in [-0.1, -0.05) is 0 Å². The van der Waals surface area contributed by atoms with Crippen molar-refractivity contribution in [3.63, 3.8) is 0 Å². The third kappa shape index (κ3) is 3.65. The number of aliphatic hydroxyl groups is 1. The van der Waals surface area contributed by atoms with Gasteiger partial charge in [0.2, 0.25) is 0 Å². The summed E-state index contributed by atoms with van der Waals surface area (Å²) >= 11 is 0. The molecule has 17 heavy (non-hydrogen) atoms. The Hall–Kier alpha value is -1.18. The van der Waals surface area contributed by atoms with Gasteiger partial charge in [-0.15, -0.1) is 0 Å². The monoisotopic (exact) mass is 246 g/mol. The van der Waals surface area contributed by atoms with Crippen molar-refractivity contribution in [3.8, 4) is 0 Å². The van der Waals surface area contributed by atoms with Gasteiger partial charge in [0, 0.05) is 13.1 Å². The van der Waals surface area contributed by atoms with Crippen LogP contribution in [0.3, 0.4) is 0 Å². The topological polar surface area (TPSA) is 102 Å². The van der Waals surface area contributed by atoms with Crippen LogP contribution < -0.4 is 5.73 Å². The highest BCUT2D eigenvalue weighted by atomic mass is 16.5. The summed E-state index contributed by atoms with van der Waals surface area (Å²) in [5.74, 6) is -1.23. The Morgan fingerprint density at radius 2 is 2.35 bits per heavy atom. The standard InChI is InChI=1S/C10H18N2O5/c1-2-16-10(15)8(11)9(14)12-3-4-17-7(5-12)6-13/h7-8,13H,2-6,11H2,1H3. The van der Waals surface area contributed by atoms with Crippen LogP contribution >= 0.6 is 0 Å². The SMILES string of the molecule is CCOC(=O)C(N)C(=O)N1CCOC(CO)C1. The molecule has 0 aromatic heterocycles. The third-order valence-corrected chi connectivity index (χ3v) is 2.46. The summed E-state index contributed by atoms with van der Waals surface area (Å²) in [6.45, 7) is 2.59. The molecule has 1 aliphatic rings. The van der Waals surface area contributed by atoms with Crippen LogP contribution in [0.25, 0.3) is 0 Å². The fraction of sp³-hybridized carbons (Fsp3) is 0.800. The highest BCUT2D eigenvalue weighted by Gasteiger charge is 2.31. The van der Waals surface area contributed by atoms with Crippen LogP contribution in [0.2, 0.25) is 0 Å². The largest absolute Gasteiger partial charge is 0.464 e. The van der Waals surface area contributed by atoms with E-state index in [9.17, 15) is 9.59 Å². The van der Waals surface area contributed by atoms with E-state index in [1.165, 1.54) is 4.90 Å². The van der Waals surface area contributed by atoms with Gasteiger partial charge in [-0.05, 0) is 6.92 Å². The van der Waals surface area contributed by atoms with E-state index in [2.05, 4.69) is 4.74 Å². The number of aliphatic hydroxyl groups excluding tert-OH is 1. The van der Waals surface area contributed by atoms with E-state index in [0.29, 0.717) is 13.2 Å². The summed E-state index contributed by atoms with van der Waals surface area (Å²) in [7, 11) is 0. The van der Waals surface area contributed by atoms with Gasteiger partial charge < -0.3 is 25.2 Å². The lowest BCUT2D eigenvalue weighted by Gasteiger charge is -2.33. The minimum Gasteiger partial charge on any atom is -0.464 e. The number of nitrogens with zero attached hydrogens (tertiary/aromatic N) is 1. The molecule has 0 aromatic carbocycles. The Morgan fingerprint density at radius 3 is 2.94 bits per heavy atom. The molecular weight excluding hydrogens is 228 g/mol. The van der Waals surface area contributed by atoms with Crippen LogP contribution in [0, 0.1) is 0 Å². The number of amides is 1. The van der Waals surface area contributed by atoms with E-state index in [1.54, 1.807) is 6.92 Å². The number of carbonyl (C=O) groups excluding carboxylic acids is 2. The number of hydrogen-bond donors (Lipinski definition) is 2. The molecule has 1 aliphatic heterocycles. The summed E-state index contributed by atoms with van der Waals surface area (Å²) < 4.78 is 9.87. The van der Waals surface area contributed by atoms with E-state index in [4.69, 9.17) is 15.6 Å². The zero-order valence-electron chi connectivity index (χ0n) is 9.80. The summed E-state index contributed by atoms with van der Waals surface area (Å²) in [5, 5.41) is 8.94. The molecule has 1 amide bonds. The van der Waals surface area contributed by atoms with Gasteiger partial charge in [-0.2, -0.15) is 0 Å². The van der Waals surface area contributed by atoms with Gasteiger partial charge in [0.05, 0.1) is 25.9 Å². The Balaban J connectivity index is 2.53. The molecule has 1 saturated heterocycles. The van der Waals surface area contributed by atoms with Crippen molar-refractivity contribution in [1.29, 1.82) is 0 Å². The minimum atomic E-state index is -1.30. The van der Waals surface area contributed by atoms with Crippen LogP contribution in [0.15, 0.2) is 0 Å². The molecule has 2 atom stereocenters. The first-order valence-electron chi connectivity index (χ1n) is 5.53. The van der Waals surface area contributed by atoms with Crippen molar-refractivity contribution in [1.82, 2.24) is 4.90 Å². The summed E-state index contributed by atoms with van der Waals surface area (Å²) in [4.78, 5) is 24.6. The van der Waals surface area contributed by atoms with Crippen molar-refractivity contribution in [2.75, 3.05) is 32.9 Å². The van der Waals surface area contributed by atoms with E-state index >= 15 is 0 Å². The predicted molar refractivity (Wildman–Crippen MR) is 58.0 cm³/mol. The number of rotatable bonds is 4. The molecule has 7 heteroatoms. The van der Waals surface area contributed by atoms with Crippen LogP contribution in [0.4, 0.5) is 0 Å². The van der Waals surface area contributed by atoms with Crippen molar-refractivity contribution >= 4 is 11.9 Å². The number of ether oxygens (including phenoxy) is 2. The van der Waals surface area contributed by atoms with Gasteiger partial charge in [-0.3, -0.25) is 4.79 Å². The maximum absolute atomic E-state index is 11.8. The molecule has 1 rings (SSSR count). The van der Waals surface area contributed by atoms with Crippen molar-refractivity contribution < 1.29 is 24.2 Å². The predicted octanol–water partition coefficient (Wildman–Crippen LogP) is -1.90. The molecular formula is C10H18N2O5. The third-order valence-electron chi connectivity index (χ3n) is 2.46. The zero-order valence-corrected chi connectivity index (χ0v) is 9.80. The van der Waals surface area contributed by atoms with E-state index in [1.807, 2.05) is 0 Å². The van der Waals surface area contributed by atoms with E-state index < -0.39 is 24.0 Å². The number of nitrogens with two attached hydrogens (primary N) is 1. The lowest BCUT2D eigenvalue weighted by atomic mass is 10.2. The Labute approximate surface area is 99.5 Å². The maximum atomic E-state index is 11.8. The molecule has 7 nitrogen and oxygen atoms in total. The smallest absolute Gasteiger partial charge is 0.332 e. The van der Waals surface area contributed by atoms with E-state index in [-0.39, 0.29) is 19.8 Å². The summed E-state index contributed by atoms with van der Waals surface area (Å²) in [5.41, 5.74) is 5.50. The van der Waals surface area contributed by atoms with Crippen LogP contribution in [-0.2, 0) is 19.1 Å². The van der Waals surface area contributed by atoms with Gasteiger partial charge in [0.1, 0.15) is 0 Å². The molecule has 1 heterocycles. The minimum absolute atomic E-state index is 0.168. The quantitative estimate of drug-likeness (QED) is 0.443. The normalized spacial score (nSPS) is 22.1. The van der Waals surface area contributed by atoms with Crippen molar-refractivity contribution in [2.45, 2.75) is 19.1 Å². The molecule has 0 aliphatic carbocycles. The van der Waals surface area contributed by atoms with Gasteiger partial charge >= 0.3 is 5.97 Å². The Kier molecular flexibility index (Phi) is 5.33. The molecule has 0 aromatic rings. The van der Waals surface area contributed by atoms with Crippen LogP contribution in [0.1, 0.15) is 6.92 Å². The average Bonchev–Trinajstić information content (AvgIpc) is 2.37. The van der Waals surface area contributed by atoms with Gasteiger partial charge in [0.15, 0.2) is 6.04 Å². The molecule has 0 saturated carbocycles. The lowest BCUT2D eigenvalue weighted by Crippen LogP contribution is -2.54. The second-order valence-electron chi connectivity index (χ2n) is 3.69. The number of esters is 1. The first kappa shape index (κ1) is 13.9. The fourth-order valence-corrected chi connectivity index (χ4v) is 1.56. The Bertz CT molecular complexity index is 284. The molecule has 0 radical (unpaired) electrons. The molecule has 0 bridgehead atoms. The number of hydrogen-bond acceptors (Lipinski definition) is 6. The fourth-order valence-electron chi connectivity index (χ4n) is 1.56. The molecule has 0 spiro atoms. The number of morpholine rings is 1. The molecule has 3 N–H and O–H groups in total. The maximum Gasteiger partial charge on any atom is 0.332 e. The van der Waals surface area contributed by atoms with Gasteiger partial charge in [-0.25, -0.2) is 4.79 Å². The molecule has 2 unspecified atom stereocenters. The first-order chi connectivity index (χ1) is 8.10. The first-order valence-corrected chi connectivity index (χ1v) is 5.53. The van der Waals surface area contributed by atoms with Crippen LogP contribution in [0.5, 0.6) is 0 Å². The average molecular weight is 246 g/mol. The number of carbonyl (C=O) groups is 2.